The highest BCUT2D eigenvalue weighted by Crippen LogP contribution is 2.36. The van der Waals surface area contributed by atoms with E-state index in [1.54, 1.807) is 0 Å². The summed E-state index contributed by atoms with van der Waals surface area (Å²) in [5, 5.41) is 2.47. The van der Waals surface area contributed by atoms with Gasteiger partial charge in [-0.15, -0.1) is 0 Å². The summed E-state index contributed by atoms with van der Waals surface area (Å²) in [5.41, 5.74) is 2.28. The average Bonchev–Trinajstić information content (AvgIpc) is 2.84. The third-order valence-corrected chi connectivity index (χ3v) is 4.46. The Hall–Kier alpha value is -1.87. The first-order valence-corrected chi connectivity index (χ1v) is 7.52. The van der Waals surface area contributed by atoms with E-state index in [2.05, 4.69) is 74.1 Å². The quantitative estimate of drug-likeness (QED) is 0.615. The Morgan fingerprint density at radius 3 is 2.85 bits per heavy atom. The molecule has 0 aliphatic heterocycles. The number of para-hydroxylation sites is 1. The molecule has 1 aromatic carbocycles. The topological polar surface area (TPSA) is 17.8 Å². The van der Waals surface area contributed by atoms with Crippen LogP contribution in [0, 0.1) is 0 Å². The number of pyridine rings is 1. The number of nitrogens with zero attached hydrogens (tertiary/aromatic N) is 2. The molecule has 0 amide bonds. The summed E-state index contributed by atoms with van der Waals surface area (Å²) in [6.07, 6.45) is 11.6. The molecule has 1 unspecified atom stereocenters. The summed E-state index contributed by atoms with van der Waals surface area (Å²) in [6.45, 7) is 0. The molecule has 0 radical (unpaired) electrons. The summed E-state index contributed by atoms with van der Waals surface area (Å²) in [6, 6.07) is 10.8. The molecule has 2 heterocycles. The smallest absolute Gasteiger partial charge is 0.141 e. The maximum atomic E-state index is 4.62. The Balaban J connectivity index is 2.15. The molecule has 1 aliphatic rings. The van der Waals surface area contributed by atoms with Gasteiger partial charge in [-0.3, -0.25) is 0 Å². The van der Waals surface area contributed by atoms with Crippen molar-refractivity contribution in [2.75, 3.05) is 0 Å². The largest absolute Gasteiger partial charge is 0.317 e. The first kappa shape index (κ1) is 11.9. The van der Waals surface area contributed by atoms with Crippen molar-refractivity contribution < 1.29 is 0 Å². The predicted octanol–water partition coefficient (Wildman–Crippen LogP) is 5.01. The van der Waals surface area contributed by atoms with Crippen molar-refractivity contribution in [3.63, 3.8) is 0 Å². The van der Waals surface area contributed by atoms with E-state index in [1.807, 2.05) is 12.3 Å². The number of aromatic nitrogens is 2. The van der Waals surface area contributed by atoms with Gasteiger partial charge >= 0.3 is 0 Å². The molecule has 2 nitrogen and oxygen atoms in total. The first-order chi connectivity index (χ1) is 9.86. The van der Waals surface area contributed by atoms with Crippen LogP contribution in [-0.2, 0) is 0 Å². The molecular weight excluding hydrogens is 312 g/mol. The fourth-order valence-electron chi connectivity index (χ4n) is 2.96. The van der Waals surface area contributed by atoms with Crippen molar-refractivity contribution in [1.29, 1.82) is 0 Å². The van der Waals surface area contributed by atoms with E-state index in [1.165, 1.54) is 16.3 Å². The standard InChI is InChI=1S/C17H13BrN2/c18-15-10-4-8-13-14-9-5-11-19-17(14)20(16(13)15)12-6-2-1-3-7-12/h1-6,8-12H,7H2. The zero-order valence-electron chi connectivity index (χ0n) is 10.8. The van der Waals surface area contributed by atoms with E-state index in [0.29, 0.717) is 6.04 Å². The molecule has 1 atom stereocenters. The highest BCUT2D eigenvalue weighted by Gasteiger charge is 2.18. The van der Waals surface area contributed by atoms with E-state index in [0.717, 1.165) is 16.5 Å². The van der Waals surface area contributed by atoms with Crippen LogP contribution in [-0.4, -0.2) is 9.55 Å². The molecule has 0 bridgehead atoms. The molecule has 1 aliphatic carbocycles. The summed E-state index contributed by atoms with van der Waals surface area (Å²) >= 11 is 3.70. The predicted molar refractivity (Wildman–Crippen MR) is 86.9 cm³/mol. The molecule has 2 aromatic heterocycles. The molecule has 0 saturated carbocycles. The molecule has 4 rings (SSSR count). The summed E-state index contributed by atoms with van der Waals surface area (Å²) in [5.74, 6) is 0. The van der Waals surface area contributed by atoms with Gasteiger partial charge in [0, 0.05) is 21.4 Å². The number of benzene rings is 1. The zero-order chi connectivity index (χ0) is 13.5. The van der Waals surface area contributed by atoms with Crippen molar-refractivity contribution >= 4 is 37.9 Å². The summed E-state index contributed by atoms with van der Waals surface area (Å²) in [4.78, 5) is 4.62. The third kappa shape index (κ3) is 1.66. The zero-order valence-corrected chi connectivity index (χ0v) is 12.4. The number of allylic oxidation sites excluding steroid dienone is 4. The Morgan fingerprint density at radius 1 is 1.10 bits per heavy atom. The Labute approximate surface area is 125 Å². The van der Waals surface area contributed by atoms with Gasteiger partial charge in [-0.05, 0) is 40.5 Å². The normalized spacial score (nSPS) is 18.1. The van der Waals surface area contributed by atoms with Crippen molar-refractivity contribution in [2.45, 2.75) is 12.5 Å². The van der Waals surface area contributed by atoms with Crippen molar-refractivity contribution in [2.24, 2.45) is 0 Å². The lowest BCUT2D eigenvalue weighted by molar-refractivity contribution is 0.642. The van der Waals surface area contributed by atoms with Crippen LogP contribution in [0.15, 0.2) is 65.3 Å². The Morgan fingerprint density at radius 2 is 2.00 bits per heavy atom. The maximum Gasteiger partial charge on any atom is 0.141 e. The minimum atomic E-state index is 0.327. The fourth-order valence-corrected chi connectivity index (χ4v) is 3.52. The van der Waals surface area contributed by atoms with Crippen LogP contribution in [0.5, 0.6) is 0 Å². The van der Waals surface area contributed by atoms with Gasteiger partial charge in [0.2, 0.25) is 0 Å². The van der Waals surface area contributed by atoms with Crippen LogP contribution in [0.2, 0.25) is 0 Å². The second-order valence-corrected chi connectivity index (χ2v) is 5.85. The van der Waals surface area contributed by atoms with Gasteiger partial charge < -0.3 is 4.57 Å². The lowest BCUT2D eigenvalue weighted by Gasteiger charge is -2.18. The van der Waals surface area contributed by atoms with Crippen molar-refractivity contribution in [3.05, 3.63) is 65.3 Å². The first-order valence-electron chi connectivity index (χ1n) is 6.73. The van der Waals surface area contributed by atoms with E-state index >= 15 is 0 Å². The highest BCUT2D eigenvalue weighted by atomic mass is 79.9. The van der Waals surface area contributed by atoms with Crippen LogP contribution >= 0.6 is 15.9 Å². The van der Waals surface area contributed by atoms with E-state index in [4.69, 9.17) is 0 Å². The van der Waals surface area contributed by atoms with Gasteiger partial charge in [0.25, 0.3) is 0 Å². The van der Waals surface area contributed by atoms with E-state index < -0.39 is 0 Å². The molecule has 0 saturated heterocycles. The minimum Gasteiger partial charge on any atom is -0.317 e. The van der Waals surface area contributed by atoms with Gasteiger partial charge in [0.15, 0.2) is 0 Å². The van der Waals surface area contributed by atoms with Crippen LogP contribution < -0.4 is 0 Å². The van der Waals surface area contributed by atoms with Gasteiger partial charge in [0.1, 0.15) is 5.65 Å². The maximum absolute atomic E-state index is 4.62. The molecule has 20 heavy (non-hydrogen) atoms. The molecule has 3 heteroatoms. The van der Waals surface area contributed by atoms with Crippen molar-refractivity contribution in [3.8, 4) is 0 Å². The van der Waals surface area contributed by atoms with E-state index in [-0.39, 0.29) is 0 Å². The summed E-state index contributed by atoms with van der Waals surface area (Å²) < 4.78 is 3.46. The monoisotopic (exact) mass is 324 g/mol. The minimum absolute atomic E-state index is 0.327. The SMILES string of the molecule is Brc1cccc2c3cccnc3n(C3C=CC=CC3)c12. The van der Waals surface area contributed by atoms with Gasteiger partial charge in [-0.1, -0.05) is 36.4 Å². The second-order valence-electron chi connectivity index (χ2n) is 5.00. The van der Waals surface area contributed by atoms with Crippen LogP contribution in [0.25, 0.3) is 21.9 Å². The number of hydrogen-bond donors (Lipinski definition) is 0. The molecule has 98 valence electrons. The number of fused-ring (bicyclic) bond motifs is 3. The molecule has 0 fully saturated rings. The van der Waals surface area contributed by atoms with Gasteiger partial charge in [-0.2, -0.15) is 0 Å². The average molecular weight is 325 g/mol. The molecule has 3 aromatic rings. The number of rotatable bonds is 1. The summed E-state index contributed by atoms with van der Waals surface area (Å²) in [7, 11) is 0. The second kappa shape index (κ2) is 4.60. The molecule has 0 spiro atoms. The van der Waals surface area contributed by atoms with Crippen molar-refractivity contribution in [1.82, 2.24) is 9.55 Å². The van der Waals surface area contributed by atoms with Crippen LogP contribution in [0.3, 0.4) is 0 Å². The molecule has 0 N–H and O–H groups in total. The Bertz CT molecular complexity index is 858. The Kier molecular flexibility index (Phi) is 2.74. The lowest BCUT2D eigenvalue weighted by Crippen LogP contribution is -2.07. The third-order valence-electron chi connectivity index (χ3n) is 3.82. The van der Waals surface area contributed by atoms with Gasteiger partial charge in [-0.25, -0.2) is 4.98 Å². The van der Waals surface area contributed by atoms with E-state index in [9.17, 15) is 0 Å². The fraction of sp³-hybridized carbons (Fsp3) is 0.118. The molecular formula is C17H13BrN2. The number of halogens is 1. The highest BCUT2D eigenvalue weighted by molar-refractivity contribution is 9.10. The number of hydrogen-bond acceptors (Lipinski definition) is 1. The van der Waals surface area contributed by atoms with Gasteiger partial charge in [0.05, 0.1) is 11.6 Å². The van der Waals surface area contributed by atoms with Crippen LogP contribution in [0.4, 0.5) is 0 Å². The lowest BCUT2D eigenvalue weighted by atomic mass is 10.1. The van der Waals surface area contributed by atoms with Crippen LogP contribution in [0.1, 0.15) is 12.5 Å².